The average molecular weight is 222 g/mol. The molecular weight excluding hydrogens is 212 g/mol. The highest BCUT2D eigenvalue weighted by molar-refractivity contribution is 7.12. The Kier molecular flexibility index (Phi) is 2.68. The lowest BCUT2D eigenvalue weighted by Crippen LogP contribution is -2.22. The van der Waals surface area contributed by atoms with Crippen LogP contribution in [0.3, 0.4) is 0 Å². The second kappa shape index (κ2) is 4.14. The number of H-pyrrole nitrogens is 1. The Labute approximate surface area is 90.3 Å². The van der Waals surface area contributed by atoms with E-state index in [1.165, 1.54) is 11.3 Å². The third-order valence-corrected chi connectivity index (χ3v) is 2.83. The Morgan fingerprint density at radius 2 is 2.47 bits per heavy atom. The van der Waals surface area contributed by atoms with E-state index in [0.29, 0.717) is 17.1 Å². The summed E-state index contributed by atoms with van der Waals surface area (Å²) < 4.78 is 0. The minimum Gasteiger partial charge on any atom is -0.397 e. The van der Waals surface area contributed by atoms with Crippen molar-refractivity contribution in [1.82, 2.24) is 15.5 Å². The smallest absolute Gasteiger partial charge is 0.263 e. The summed E-state index contributed by atoms with van der Waals surface area (Å²) in [5.41, 5.74) is 7.00. The van der Waals surface area contributed by atoms with Crippen molar-refractivity contribution >= 4 is 22.9 Å². The zero-order chi connectivity index (χ0) is 10.7. The molecule has 78 valence electrons. The number of amides is 1. The second-order valence-electron chi connectivity index (χ2n) is 2.97. The van der Waals surface area contributed by atoms with Crippen molar-refractivity contribution in [2.45, 2.75) is 6.54 Å². The maximum absolute atomic E-state index is 11.6. The van der Waals surface area contributed by atoms with Crippen molar-refractivity contribution in [3.63, 3.8) is 0 Å². The van der Waals surface area contributed by atoms with Crippen LogP contribution in [-0.4, -0.2) is 16.1 Å². The van der Waals surface area contributed by atoms with Crippen LogP contribution in [0, 0.1) is 0 Å². The van der Waals surface area contributed by atoms with Crippen molar-refractivity contribution in [1.29, 1.82) is 0 Å². The topological polar surface area (TPSA) is 83.8 Å². The summed E-state index contributed by atoms with van der Waals surface area (Å²) in [5, 5.41) is 11.1. The minimum atomic E-state index is -0.155. The van der Waals surface area contributed by atoms with Gasteiger partial charge in [-0.3, -0.25) is 9.89 Å². The van der Waals surface area contributed by atoms with Crippen LogP contribution in [-0.2, 0) is 6.54 Å². The largest absolute Gasteiger partial charge is 0.397 e. The summed E-state index contributed by atoms with van der Waals surface area (Å²) in [7, 11) is 0. The third kappa shape index (κ3) is 2.16. The maximum atomic E-state index is 11.6. The Bertz CT molecular complexity index is 448. The van der Waals surface area contributed by atoms with Crippen LogP contribution in [0.1, 0.15) is 15.4 Å². The predicted octanol–water partition coefficient (Wildman–Crippen LogP) is 0.983. The van der Waals surface area contributed by atoms with Crippen LogP contribution in [0.2, 0.25) is 0 Å². The van der Waals surface area contributed by atoms with Crippen LogP contribution in [0.25, 0.3) is 0 Å². The first kappa shape index (κ1) is 9.72. The lowest BCUT2D eigenvalue weighted by molar-refractivity contribution is 0.0955. The van der Waals surface area contributed by atoms with Gasteiger partial charge in [-0.1, -0.05) is 0 Å². The van der Waals surface area contributed by atoms with Gasteiger partial charge in [0.05, 0.1) is 17.9 Å². The van der Waals surface area contributed by atoms with Gasteiger partial charge in [-0.25, -0.2) is 0 Å². The number of carbonyl (C=O) groups excluding carboxylic acids is 1. The highest BCUT2D eigenvalue weighted by Gasteiger charge is 2.10. The fourth-order valence-corrected chi connectivity index (χ4v) is 1.88. The molecule has 0 aliphatic rings. The van der Waals surface area contributed by atoms with Gasteiger partial charge in [0, 0.05) is 6.20 Å². The molecule has 0 atom stereocenters. The average Bonchev–Trinajstić information content (AvgIpc) is 2.84. The van der Waals surface area contributed by atoms with Crippen molar-refractivity contribution in [3.8, 4) is 0 Å². The van der Waals surface area contributed by atoms with E-state index < -0.39 is 0 Å². The Morgan fingerprint density at radius 3 is 3.07 bits per heavy atom. The number of nitrogens with two attached hydrogens (primary N) is 1. The fourth-order valence-electron chi connectivity index (χ4n) is 1.14. The summed E-state index contributed by atoms with van der Waals surface area (Å²) in [5.74, 6) is -0.155. The molecule has 0 saturated carbocycles. The molecule has 0 spiro atoms. The Hall–Kier alpha value is -1.82. The van der Waals surface area contributed by atoms with Gasteiger partial charge in [0.15, 0.2) is 0 Å². The van der Waals surface area contributed by atoms with Crippen molar-refractivity contribution in [2.24, 2.45) is 0 Å². The number of nitrogens with zero attached hydrogens (tertiary/aromatic N) is 1. The van der Waals surface area contributed by atoms with Crippen LogP contribution < -0.4 is 11.1 Å². The van der Waals surface area contributed by atoms with Crippen LogP contribution in [0.15, 0.2) is 23.7 Å². The molecule has 0 aliphatic carbocycles. The number of nitrogens with one attached hydrogen (secondary N) is 2. The standard InChI is InChI=1S/C9H10N4OS/c10-7-2-4-15-8(7)9(14)11-5-6-1-3-12-13-6/h1-4H,5,10H2,(H,11,14)(H,12,13). The molecule has 1 amide bonds. The molecule has 0 radical (unpaired) electrons. The van der Waals surface area contributed by atoms with E-state index in [-0.39, 0.29) is 5.91 Å². The lowest BCUT2D eigenvalue weighted by atomic mass is 10.3. The molecule has 0 aliphatic heterocycles. The number of carbonyl (C=O) groups is 1. The third-order valence-electron chi connectivity index (χ3n) is 1.90. The highest BCUT2D eigenvalue weighted by atomic mass is 32.1. The first-order valence-electron chi connectivity index (χ1n) is 4.37. The number of hydrogen-bond acceptors (Lipinski definition) is 4. The van der Waals surface area contributed by atoms with E-state index in [2.05, 4.69) is 15.5 Å². The summed E-state index contributed by atoms with van der Waals surface area (Å²) in [6, 6.07) is 3.52. The van der Waals surface area contributed by atoms with Gasteiger partial charge in [0.25, 0.3) is 5.91 Å². The highest BCUT2D eigenvalue weighted by Crippen LogP contribution is 2.18. The molecule has 0 saturated heterocycles. The number of rotatable bonds is 3. The van der Waals surface area contributed by atoms with E-state index in [9.17, 15) is 4.79 Å². The SMILES string of the molecule is Nc1ccsc1C(=O)NCc1ccn[nH]1. The summed E-state index contributed by atoms with van der Waals surface area (Å²) >= 11 is 1.33. The maximum Gasteiger partial charge on any atom is 0.263 e. The molecule has 5 nitrogen and oxygen atoms in total. The van der Waals surface area contributed by atoms with E-state index in [4.69, 9.17) is 5.73 Å². The molecule has 0 fully saturated rings. The predicted molar refractivity (Wildman–Crippen MR) is 58.5 cm³/mol. The van der Waals surface area contributed by atoms with Crippen molar-refractivity contribution in [3.05, 3.63) is 34.3 Å². The first-order chi connectivity index (χ1) is 7.27. The van der Waals surface area contributed by atoms with Gasteiger partial charge in [-0.2, -0.15) is 5.10 Å². The number of aromatic nitrogens is 2. The van der Waals surface area contributed by atoms with Gasteiger partial charge in [0.2, 0.25) is 0 Å². The molecule has 4 N–H and O–H groups in total. The van der Waals surface area contributed by atoms with Gasteiger partial charge < -0.3 is 11.1 Å². The molecule has 0 aromatic carbocycles. The van der Waals surface area contributed by atoms with Gasteiger partial charge in [-0.15, -0.1) is 11.3 Å². The molecule has 0 unspecified atom stereocenters. The van der Waals surface area contributed by atoms with E-state index in [1.807, 2.05) is 0 Å². The van der Waals surface area contributed by atoms with Crippen LogP contribution >= 0.6 is 11.3 Å². The van der Waals surface area contributed by atoms with E-state index in [0.717, 1.165) is 5.69 Å². The Morgan fingerprint density at radius 1 is 1.60 bits per heavy atom. The number of nitrogen functional groups attached to an aromatic ring is 1. The molecule has 6 heteroatoms. The number of thiophene rings is 1. The number of hydrogen-bond donors (Lipinski definition) is 3. The van der Waals surface area contributed by atoms with E-state index >= 15 is 0 Å². The quantitative estimate of drug-likeness (QED) is 0.724. The lowest BCUT2D eigenvalue weighted by Gasteiger charge is -2.01. The van der Waals surface area contributed by atoms with Crippen molar-refractivity contribution < 1.29 is 4.79 Å². The zero-order valence-electron chi connectivity index (χ0n) is 7.86. The van der Waals surface area contributed by atoms with Crippen LogP contribution in [0.5, 0.6) is 0 Å². The molecule has 2 heterocycles. The van der Waals surface area contributed by atoms with Crippen molar-refractivity contribution in [2.75, 3.05) is 5.73 Å². The molecule has 0 bridgehead atoms. The van der Waals surface area contributed by atoms with Gasteiger partial charge >= 0.3 is 0 Å². The number of anilines is 1. The summed E-state index contributed by atoms with van der Waals surface area (Å²) in [6.45, 7) is 0.427. The van der Waals surface area contributed by atoms with Gasteiger partial charge in [0.1, 0.15) is 4.88 Å². The summed E-state index contributed by atoms with van der Waals surface area (Å²) in [6.07, 6.45) is 1.64. The molecule has 15 heavy (non-hydrogen) atoms. The minimum absolute atomic E-state index is 0.155. The van der Waals surface area contributed by atoms with E-state index in [1.54, 1.807) is 23.7 Å². The molecular formula is C9H10N4OS. The Balaban J connectivity index is 1.96. The van der Waals surface area contributed by atoms with Crippen LogP contribution in [0.4, 0.5) is 5.69 Å². The summed E-state index contributed by atoms with van der Waals surface area (Å²) in [4.78, 5) is 12.2. The molecule has 2 aromatic heterocycles. The normalized spacial score (nSPS) is 10.1. The molecule has 2 rings (SSSR count). The second-order valence-corrected chi connectivity index (χ2v) is 3.89. The monoisotopic (exact) mass is 222 g/mol. The zero-order valence-corrected chi connectivity index (χ0v) is 8.67. The van der Waals surface area contributed by atoms with Gasteiger partial charge in [-0.05, 0) is 17.5 Å². The first-order valence-corrected chi connectivity index (χ1v) is 5.25. The number of aromatic amines is 1. The molecule has 2 aromatic rings. The fraction of sp³-hybridized carbons (Fsp3) is 0.111.